The van der Waals surface area contributed by atoms with Gasteiger partial charge in [0, 0.05) is 19.3 Å². The minimum Gasteiger partial charge on any atom is -0.337 e. The smallest absolute Gasteiger partial charge is 0.272 e. The third-order valence-electron chi connectivity index (χ3n) is 5.95. The Morgan fingerprint density at radius 2 is 1.87 bits per heavy atom. The van der Waals surface area contributed by atoms with E-state index in [1.54, 1.807) is 6.20 Å². The summed E-state index contributed by atoms with van der Waals surface area (Å²) in [6.45, 7) is 8.47. The maximum Gasteiger partial charge on any atom is 0.272 e. The van der Waals surface area contributed by atoms with Gasteiger partial charge in [0.25, 0.3) is 5.91 Å². The summed E-state index contributed by atoms with van der Waals surface area (Å²) in [5.74, 6) is 0.171. The van der Waals surface area contributed by atoms with Crippen molar-refractivity contribution in [2.75, 3.05) is 33.2 Å². The van der Waals surface area contributed by atoms with Crippen LogP contribution in [0.15, 0.2) is 12.3 Å². The number of nitrogens with zero attached hydrogens (tertiary/aromatic N) is 4. The number of hydrogen-bond donors (Lipinski definition) is 0. The molecule has 23 heavy (non-hydrogen) atoms. The topological polar surface area (TPSA) is 41.4 Å². The number of rotatable bonds is 4. The highest BCUT2D eigenvalue weighted by atomic mass is 16.2. The second kappa shape index (κ2) is 6.63. The number of likely N-dealkylation sites (tertiary alicyclic amines) is 2. The van der Waals surface area contributed by atoms with Gasteiger partial charge in [0.15, 0.2) is 0 Å². The first-order chi connectivity index (χ1) is 11.1. The first-order valence-electron chi connectivity index (χ1n) is 9.10. The molecule has 2 fully saturated rings. The highest BCUT2D eigenvalue weighted by molar-refractivity contribution is 5.92. The summed E-state index contributed by atoms with van der Waals surface area (Å²) < 4.78 is 1.95. The lowest BCUT2D eigenvalue weighted by molar-refractivity contribution is 0.0721. The molecule has 0 aliphatic carbocycles. The van der Waals surface area contributed by atoms with Crippen LogP contribution in [-0.4, -0.2) is 58.7 Å². The molecule has 5 nitrogen and oxygen atoms in total. The lowest BCUT2D eigenvalue weighted by atomic mass is 9.78. The van der Waals surface area contributed by atoms with Gasteiger partial charge >= 0.3 is 0 Å². The summed E-state index contributed by atoms with van der Waals surface area (Å²) >= 11 is 0. The van der Waals surface area contributed by atoms with E-state index in [9.17, 15) is 4.79 Å². The van der Waals surface area contributed by atoms with E-state index in [0.717, 1.165) is 51.1 Å². The molecule has 1 aromatic heterocycles. The van der Waals surface area contributed by atoms with Gasteiger partial charge in [-0.3, -0.25) is 9.48 Å². The normalized spacial score (nSPS) is 21.5. The maximum absolute atomic E-state index is 13.0. The molecule has 0 bridgehead atoms. The standard InChI is InChI=1S/C18H30N4O/c1-4-15(5-2)22-16(6-10-19-22)17(23)21-13-9-18(14-21)7-11-20(3)12-8-18/h6,10,15H,4-5,7-9,11-14H2,1-3H3. The van der Waals surface area contributed by atoms with Crippen LogP contribution >= 0.6 is 0 Å². The van der Waals surface area contributed by atoms with Crippen LogP contribution in [0.2, 0.25) is 0 Å². The van der Waals surface area contributed by atoms with E-state index in [0.29, 0.717) is 11.5 Å². The van der Waals surface area contributed by atoms with Gasteiger partial charge in [0.05, 0.1) is 6.04 Å². The molecule has 0 N–H and O–H groups in total. The number of hydrogen-bond acceptors (Lipinski definition) is 3. The van der Waals surface area contributed by atoms with Gasteiger partial charge in [-0.2, -0.15) is 5.10 Å². The number of piperidine rings is 1. The van der Waals surface area contributed by atoms with Crippen molar-refractivity contribution >= 4 is 5.91 Å². The fourth-order valence-corrected chi connectivity index (χ4v) is 4.18. The molecule has 128 valence electrons. The lowest BCUT2D eigenvalue weighted by Crippen LogP contribution is -2.41. The largest absolute Gasteiger partial charge is 0.337 e. The highest BCUT2D eigenvalue weighted by Crippen LogP contribution is 2.40. The summed E-state index contributed by atoms with van der Waals surface area (Å²) in [7, 11) is 2.19. The van der Waals surface area contributed by atoms with Gasteiger partial charge < -0.3 is 9.80 Å². The molecule has 0 unspecified atom stereocenters. The van der Waals surface area contributed by atoms with E-state index in [1.165, 1.54) is 12.8 Å². The van der Waals surface area contributed by atoms with Crippen LogP contribution in [0.25, 0.3) is 0 Å². The zero-order valence-corrected chi connectivity index (χ0v) is 14.8. The quantitative estimate of drug-likeness (QED) is 0.857. The molecule has 5 heteroatoms. The number of carbonyl (C=O) groups is 1. The first-order valence-corrected chi connectivity index (χ1v) is 9.10. The molecule has 1 amide bonds. The Morgan fingerprint density at radius 3 is 2.52 bits per heavy atom. The van der Waals surface area contributed by atoms with Crippen LogP contribution in [0, 0.1) is 5.41 Å². The monoisotopic (exact) mass is 318 g/mol. The van der Waals surface area contributed by atoms with E-state index in [2.05, 4.69) is 35.8 Å². The SMILES string of the molecule is CCC(CC)n1nccc1C(=O)N1CCC2(CCN(C)CC2)C1. The predicted molar refractivity (Wildman–Crippen MR) is 91.5 cm³/mol. The van der Waals surface area contributed by atoms with Gasteiger partial charge in [-0.1, -0.05) is 13.8 Å². The van der Waals surface area contributed by atoms with Gasteiger partial charge in [0.1, 0.15) is 5.69 Å². The molecule has 0 atom stereocenters. The molecular weight excluding hydrogens is 288 g/mol. The Bertz CT molecular complexity index is 541. The maximum atomic E-state index is 13.0. The van der Waals surface area contributed by atoms with Gasteiger partial charge in [-0.15, -0.1) is 0 Å². The average molecular weight is 318 g/mol. The highest BCUT2D eigenvalue weighted by Gasteiger charge is 2.42. The minimum absolute atomic E-state index is 0.171. The number of amides is 1. The third kappa shape index (κ3) is 3.16. The van der Waals surface area contributed by atoms with Crippen molar-refractivity contribution < 1.29 is 4.79 Å². The van der Waals surface area contributed by atoms with E-state index >= 15 is 0 Å². The lowest BCUT2D eigenvalue weighted by Gasteiger charge is -2.37. The van der Waals surface area contributed by atoms with Gasteiger partial charge in [0.2, 0.25) is 0 Å². The molecule has 0 aromatic carbocycles. The number of aromatic nitrogens is 2. The summed E-state index contributed by atoms with van der Waals surface area (Å²) in [6, 6.07) is 2.21. The Morgan fingerprint density at radius 1 is 1.22 bits per heavy atom. The first kappa shape index (κ1) is 16.5. The van der Waals surface area contributed by atoms with Crippen LogP contribution < -0.4 is 0 Å². The van der Waals surface area contributed by atoms with Crippen molar-refractivity contribution in [1.82, 2.24) is 19.6 Å². The molecule has 2 aliphatic rings. The minimum atomic E-state index is 0.171. The van der Waals surface area contributed by atoms with Crippen molar-refractivity contribution in [3.8, 4) is 0 Å². The summed E-state index contributed by atoms with van der Waals surface area (Å²) in [4.78, 5) is 17.5. The fraction of sp³-hybridized carbons (Fsp3) is 0.778. The fourth-order valence-electron chi connectivity index (χ4n) is 4.18. The Labute approximate surface area is 139 Å². The van der Waals surface area contributed by atoms with Crippen LogP contribution in [0.5, 0.6) is 0 Å². The zero-order valence-electron chi connectivity index (χ0n) is 14.8. The molecule has 1 spiro atoms. The average Bonchev–Trinajstić information content (AvgIpc) is 3.19. The van der Waals surface area contributed by atoms with Crippen LogP contribution in [0.4, 0.5) is 0 Å². The summed E-state index contributed by atoms with van der Waals surface area (Å²) in [5, 5.41) is 4.43. The van der Waals surface area contributed by atoms with Crippen LogP contribution in [-0.2, 0) is 0 Å². The van der Waals surface area contributed by atoms with Crippen LogP contribution in [0.3, 0.4) is 0 Å². The van der Waals surface area contributed by atoms with E-state index < -0.39 is 0 Å². The molecule has 0 saturated carbocycles. The molecule has 3 heterocycles. The van der Waals surface area contributed by atoms with Gasteiger partial charge in [-0.05, 0) is 63.7 Å². The van der Waals surface area contributed by atoms with Gasteiger partial charge in [-0.25, -0.2) is 0 Å². The Kier molecular flexibility index (Phi) is 4.76. The number of carbonyl (C=O) groups excluding carboxylic acids is 1. The zero-order chi connectivity index (χ0) is 16.4. The molecule has 1 aromatic rings. The van der Waals surface area contributed by atoms with E-state index in [4.69, 9.17) is 0 Å². The Hall–Kier alpha value is -1.36. The molecular formula is C18H30N4O. The summed E-state index contributed by atoms with van der Waals surface area (Å²) in [6.07, 6.45) is 7.39. The molecule has 3 rings (SSSR count). The second-order valence-electron chi connectivity index (χ2n) is 7.41. The second-order valence-corrected chi connectivity index (χ2v) is 7.41. The molecule has 2 saturated heterocycles. The molecule has 0 radical (unpaired) electrons. The van der Waals surface area contributed by atoms with Crippen molar-refractivity contribution in [3.05, 3.63) is 18.0 Å². The van der Waals surface area contributed by atoms with E-state index in [-0.39, 0.29) is 5.91 Å². The third-order valence-corrected chi connectivity index (χ3v) is 5.95. The van der Waals surface area contributed by atoms with Crippen molar-refractivity contribution in [2.45, 2.75) is 52.0 Å². The Balaban J connectivity index is 1.72. The van der Waals surface area contributed by atoms with Crippen molar-refractivity contribution in [1.29, 1.82) is 0 Å². The summed E-state index contributed by atoms with van der Waals surface area (Å²) in [5.41, 5.74) is 1.13. The van der Waals surface area contributed by atoms with Crippen molar-refractivity contribution in [3.63, 3.8) is 0 Å². The van der Waals surface area contributed by atoms with Crippen LogP contribution in [0.1, 0.15) is 62.5 Å². The predicted octanol–water partition coefficient (Wildman–Crippen LogP) is 2.80. The molecule has 2 aliphatic heterocycles. The van der Waals surface area contributed by atoms with E-state index in [1.807, 2.05) is 10.7 Å². The van der Waals surface area contributed by atoms with Crippen molar-refractivity contribution in [2.24, 2.45) is 5.41 Å².